The highest BCUT2D eigenvalue weighted by Crippen LogP contribution is 2.35. The lowest BCUT2D eigenvalue weighted by molar-refractivity contribution is -0.343. The van der Waals surface area contributed by atoms with Crippen LogP contribution in [0.4, 0.5) is 0 Å². The molecule has 0 aliphatic carbocycles. The minimum absolute atomic E-state index is 0.248. The van der Waals surface area contributed by atoms with Gasteiger partial charge in [0.1, 0.15) is 42.7 Å². The van der Waals surface area contributed by atoms with Crippen molar-refractivity contribution < 1.29 is 47.7 Å². The highest BCUT2D eigenvalue weighted by molar-refractivity contribution is 5.18. The second-order valence-corrected chi connectivity index (χ2v) is 13.4. The Morgan fingerprint density at radius 2 is 1.11 bits per heavy atom. The second-order valence-electron chi connectivity index (χ2n) is 13.4. The topological polar surface area (TPSA) is 115 Å². The SMILES string of the molecule is CO[C@H]1O[C@@H]2CO[C@@H](c3ccccc3)O[C@H]2[C@@H](NC[C@H]2O[C@H](OC)[C@@H](OCc3ccccc3)[C@@H](OCc3ccccc3)[C@@H]2OCc2ccccc2)[C@H]1O. The molecule has 3 aliphatic heterocycles. The van der Waals surface area contributed by atoms with E-state index in [1.165, 1.54) is 7.11 Å². The Labute approximate surface area is 311 Å². The maximum absolute atomic E-state index is 11.6. The van der Waals surface area contributed by atoms with Crippen LogP contribution in [-0.2, 0) is 62.5 Å². The molecule has 0 radical (unpaired) electrons. The molecule has 3 heterocycles. The third-order valence-corrected chi connectivity index (χ3v) is 9.91. The number of benzene rings is 4. The fourth-order valence-electron chi connectivity index (χ4n) is 7.16. The van der Waals surface area contributed by atoms with Crippen LogP contribution < -0.4 is 5.32 Å². The first-order valence-electron chi connectivity index (χ1n) is 18.2. The Kier molecular flexibility index (Phi) is 13.3. The zero-order valence-corrected chi connectivity index (χ0v) is 30.1. The predicted octanol–water partition coefficient (Wildman–Crippen LogP) is 4.92. The fourth-order valence-corrected chi connectivity index (χ4v) is 7.16. The molecule has 3 saturated heterocycles. The molecule has 2 N–H and O–H groups in total. The van der Waals surface area contributed by atoms with Gasteiger partial charge in [0.25, 0.3) is 0 Å². The van der Waals surface area contributed by atoms with E-state index in [9.17, 15) is 5.11 Å². The Morgan fingerprint density at radius 3 is 1.66 bits per heavy atom. The molecular formula is C42H49NO10. The van der Waals surface area contributed by atoms with Gasteiger partial charge >= 0.3 is 0 Å². The number of ether oxygens (including phenoxy) is 9. The molecule has 0 spiro atoms. The van der Waals surface area contributed by atoms with Gasteiger partial charge in [0, 0.05) is 26.3 Å². The van der Waals surface area contributed by atoms with Crippen LogP contribution in [0, 0.1) is 0 Å². The van der Waals surface area contributed by atoms with Crippen molar-refractivity contribution >= 4 is 0 Å². The first kappa shape index (κ1) is 37.7. The number of aliphatic hydroxyl groups excluding tert-OH is 1. The highest BCUT2D eigenvalue weighted by Gasteiger charge is 2.52. The van der Waals surface area contributed by atoms with E-state index in [2.05, 4.69) is 5.32 Å². The van der Waals surface area contributed by atoms with Crippen molar-refractivity contribution in [3.8, 4) is 0 Å². The molecule has 0 unspecified atom stereocenters. The number of nitrogens with one attached hydrogen (secondary N) is 1. The van der Waals surface area contributed by atoms with Gasteiger partial charge in [-0.15, -0.1) is 0 Å². The van der Waals surface area contributed by atoms with Crippen LogP contribution in [0.25, 0.3) is 0 Å². The van der Waals surface area contributed by atoms with Gasteiger partial charge < -0.3 is 53.1 Å². The van der Waals surface area contributed by atoms with E-state index in [4.69, 9.17) is 42.6 Å². The summed E-state index contributed by atoms with van der Waals surface area (Å²) in [6, 6.07) is 39.1. The molecule has 11 heteroatoms. The number of rotatable bonds is 15. The molecule has 0 bridgehead atoms. The zero-order valence-electron chi connectivity index (χ0n) is 30.1. The van der Waals surface area contributed by atoms with Gasteiger partial charge in [-0.1, -0.05) is 121 Å². The summed E-state index contributed by atoms with van der Waals surface area (Å²) in [7, 11) is 3.11. The van der Waals surface area contributed by atoms with Gasteiger partial charge in [0.15, 0.2) is 18.9 Å². The molecule has 4 aromatic rings. The summed E-state index contributed by atoms with van der Waals surface area (Å²) >= 11 is 0. The second kappa shape index (κ2) is 18.7. The summed E-state index contributed by atoms with van der Waals surface area (Å²) in [5, 5.41) is 15.1. The maximum atomic E-state index is 11.6. The average Bonchev–Trinajstić information content (AvgIpc) is 3.22. The van der Waals surface area contributed by atoms with Crippen LogP contribution in [0.15, 0.2) is 121 Å². The summed E-state index contributed by atoms with van der Waals surface area (Å²) < 4.78 is 57.0. The third kappa shape index (κ3) is 9.40. The van der Waals surface area contributed by atoms with E-state index in [0.29, 0.717) is 19.8 Å². The van der Waals surface area contributed by atoms with E-state index in [-0.39, 0.29) is 13.2 Å². The Bertz CT molecular complexity index is 1640. The van der Waals surface area contributed by atoms with Crippen molar-refractivity contribution in [3.05, 3.63) is 144 Å². The molecule has 11 atom stereocenters. The highest BCUT2D eigenvalue weighted by atomic mass is 16.7. The standard InChI is InChI=1S/C42H49NO10/c1-45-41-35(44)34(36-33(52-41)27-50-40(53-36)31-21-13-6-14-22-31)43-23-32-37(47-24-28-15-7-3-8-16-28)38(48-25-29-17-9-4-10-18-29)39(42(46-2)51-32)49-26-30-19-11-5-12-20-30/h3-22,32-44H,23-27H2,1-2H3/t32-,33-,34+,35-,36-,37-,38+,39+,40-,41+,42+/m1/s1. The van der Waals surface area contributed by atoms with Crippen molar-refractivity contribution in [2.45, 2.75) is 87.5 Å². The van der Waals surface area contributed by atoms with Crippen molar-refractivity contribution in [1.29, 1.82) is 0 Å². The van der Waals surface area contributed by atoms with Gasteiger partial charge in [0.2, 0.25) is 0 Å². The van der Waals surface area contributed by atoms with Gasteiger partial charge in [-0.2, -0.15) is 0 Å². The Balaban J connectivity index is 1.16. The van der Waals surface area contributed by atoms with Crippen LogP contribution in [0.5, 0.6) is 0 Å². The lowest BCUT2D eigenvalue weighted by Crippen LogP contribution is -2.68. The van der Waals surface area contributed by atoms with Crippen molar-refractivity contribution in [1.82, 2.24) is 5.32 Å². The quantitative estimate of drug-likeness (QED) is 0.174. The Morgan fingerprint density at radius 1 is 0.604 bits per heavy atom. The molecular weight excluding hydrogens is 678 g/mol. The summed E-state index contributed by atoms with van der Waals surface area (Å²) in [5.41, 5.74) is 3.90. The molecule has 3 fully saturated rings. The molecule has 282 valence electrons. The molecule has 0 amide bonds. The number of hydrogen-bond donors (Lipinski definition) is 2. The third-order valence-electron chi connectivity index (χ3n) is 9.91. The molecule has 7 rings (SSSR count). The number of methoxy groups -OCH3 is 2. The summed E-state index contributed by atoms with van der Waals surface area (Å²) in [6.07, 6.45) is -6.86. The molecule has 3 aliphatic rings. The minimum atomic E-state index is -1.06. The van der Waals surface area contributed by atoms with Crippen LogP contribution in [-0.4, -0.2) is 93.8 Å². The largest absolute Gasteiger partial charge is 0.386 e. The van der Waals surface area contributed by atoms with Gasteiger partial charge in [-0.3, -0.25) is 0 Å². The molecule has 11 nitrogen and oxygen atoms in total. The minimum Gasteiger partial charge on any atom is -0.386 e. The van der Waals surface area contributed by atoms with E-state index < -0.39 is 67.6 Å². The molecule has 53 heavy (non-hydrogen) atoms. The molecule has 0 aromatic heterocycles. The monoisotopic (exact) mass is 727 g/mol. The Hall–Kier alpha value is -3.56. The summed E-state index contributed by atoms with van der Waals surface area (Å²) in [5.74, 6) is 0. The number of fused-ring (bicyclic) bond motifs is 1. The summed E-state index contributed by atoms with van der Waals surface area (Å²) in [4.78, 5) is 0. The molecule has 4 aromatic carbocycles. The van der Waals surface area contributed by atoms with Crippen LogP contribution >= 0.6 is 0 Å². The van der Waals surface area contributed by atoms with Gasteiger partial charge in [-0.05, 0) is 16.7 Å². The lowest BCUT2D eigenvalue weighted by atomic mass is 9.93. The normalized spacial score (nSPS) is 31.5. The van der Waals surface area contributed by atoms with Crippen LogP contribution in [0.3, 0.4) is 0 Å². The van der Waals surface area contributed by atoms with Gasteiger partial charge in [0.05, 0.1) is 32.5 Å². The smallest absolute Gasteiger partial charge is 0.186 e. The predicted molar refractivity (Wildman–Crippen MR) is 194 cm³/mol. The van der Waals surface area contributed by atoms with Crippen LogP contribution in [0.1, 0.15) is 28.5 Å². The van der Waals surface area contributed by atoms with Crippen molar-refractivity contribution in [3.63, 3.8) is 0 Å². The first-order chi connectivity index (χ1) is 26.1. The molecule has 0 saturated carbocycles. The fraction of sp³-hybridized carbons (Fsp3) is 0.429. The van der Waals surface area contributed by atoms with Crippen molar-refractivity contribution in [2.75, 3.05) is 27.4 Å². The van der Waals surface area contributed by atoms with Crippen LogP contribution in [0.2, 0.25) is 0 Å². The van der Waals surface area contributed by atoms with E-state index in [1.54, 1.807) is 7.11 Å². The van der Waals surface area contributed by atoms with Gasteiger partial charge in [-0.25, -0.2) is 0 Å². The average molecular weight is 728 g/mol. The van der Waals surface area contributed by atoms with E-state index >= 15 is 0 Å². The summed E-state index contributed by atoms with van der Waals surface area (Å²) in [6.45, 7) is 1.48. The van der Waals surface area contributed by atoms with Crippen molar-refractivity contribution in [2.24, 2.45) is 0 Å². The van der Waals surface area contributed by atoms with E-state index in [1.807, 2.05) is 121 Å². The zero-order chi connectivity index (χ0) is 36.4. The first-order valence-corrected chi connectivity index (χ1v) is 18.2. The number of hydrogen-bond acceptors (Lipinski definition) is 11. The lowest BCUT2D eigenvalue weighted by Gasteiger charge is -2.49. The van der Waals surface area contributed by atoms with E-state index in [0.717, 1.165) is 22.3 Å². The number of aliphatic hydroxyl groups is 1. The maximum Gasteiger partial charge on any atom is 0.186 e.